The van der Waals surface area contributed by atoms with Gasteiger partial charge in [0.2, 0.25) is 0 Å². The summed E-state index contributed by atoms with van der Waals surface area (Å²) in [5.41, 5.74) is 0.157. The van der Waals surface area contributed by atoms with Gasteiger partial charge in [0.25, 0.3) is 5.91 Å². The summed E-state index contributed by atoms with van der Waals surface area (Å²) in [6.07, 6.45) is 0.801. The fourth-order valence-corrected chi connectivity index (χ4v) is 2.16. The van der Waals surface area contributed by atoms with Gasteiger partial charge in [0.15, 0.2) is 0 Å². The molecule has 0 aromatic heterocycles. The van der Waals surface area contributed by atoms with Crippen molar-refractivity contribution in [1.82, 2.24) is 4.90 Å². The van der Waals surface area contributed by atoms with Gasteiger partial charge in [0.05, 0.1) is 18.3 Å². The normalized spacial score (nSPS) is 19.2. The van der Waals surface area contributed by atoms with Gasteiger partial charge in [-0.15, -0.1) is 0 Å². The highest BCUT2D eigenvalue weighted by atomic mass is 19.3. The molecule has 1 saturated heterocycles. The zero-order valence-electron chi connectivity index (χ0n) is 11.2. The molecular formula is C14H17F2NO3. The number of nitrogens with zero attached hydrogens (tertiary/aromatic N) is 1. The van der Waals surface area contributed by atoms with Crippen molar-refractivity contribution in [3.8, 4) is 5.75 Å². The van der Waals surface area contributed by atoms with Crippen LogP contribution in [0.25, 0.3) is 0 Å². The van der Waals surface area contributed by atoms with E-state index in [-0.39, 0.29) is 23.3 Å². The van der Waals surface area contributed by atoms with Crippen molar-refractivity contribution in [2.45, 2.75) is 26.1 Å². The third-order valence-electron chi connectivity index (χ3n) is 3.21. The predicted molar refractivity (Wildman–Crippen MR) is 69.0 cm³/mol. The molecule has 1 atom stereocenters. The van der Waals surface area contributed by atoms with Crippen LogP contribution in [0.2, 0.25) is 0 Å². The molecule has 110 valence electrons. The highest BCUT2D eigenvalue weighted by Crippen LogP contribution is 2.23. The minimum absolute atomic E-state index is 0.00382. The largest absolute Gasteiger partial charge is 0.434 e. The zero-order chi connectivity index (χ0) is 14.5. The Morgan fingerprint density at radius 1 is 1.50 bits per heavy atom. The second-order valence-corrected chi connectivity index (χ2v) is 4.53. The monoisotopic (exact) mass is 285 g/mol. The van der Waals surface area contributed by atoms with Crippen molar-refractivity contribution < 1.29 is 23.0 Å². The molecule has 20 heavy (non-hydrogen) atoms. The third-order valence-corrected chi connectivity index (χ3v) is 3.21. The topological polar surface area (TPSA) is 38.8 Å². The lowest BCUT2D eigenvalue weighted by Gasteiger charge is -2.32. The average molecular weight is 285 g/mol. The van der Waals surface area contributed by atoms with Gasteiger partial charge in [-0.05, 0) is 18.6 Å². The lowest BCUT2D eigenvalue weighted by atomic mass is 10.1. The number of ether oxygens (including phenoxy) is 2. The highest BCUT2D eigenvalue weighted by molar-refractivity contribution is 5.97. The number of hydrogen-bond acceptors (Lipinski definition) is 3. The number of morpholine rings is 1. The van der Waals surface area contributed by atoms with E-state index in [4.69, 9.17) is 4.74 Å². The Hall–Kier alpha value is -1.69. The molecule has 1 aliphatic heterocycles. The van der Waals surface area contributed by atoms with Crippen molar-refractivity contribution in [2.24, 2.45) is 0 Å². The predicted octanol–water partition coefficient (Wildman–Crippen LogP) is 2.54. The SMILES string of the molecule is CCC1CN(C(=O)c2ccccc2OC(F)F)CCO1. The first-order valence-electron chi connectivity index (χ1n) is 6.56. The number of alkyl halides is 2. The summed E-state index contributed by atoms with van der Waals surface area (Å²) in [6, 6.07) is 6.06. The van der Waals surface area contributed by atoms with Gasteiger partial charge in [-0.1, -0.05) is 19.1 Å². The Balaban J connectivity index is 2.16. The molecule has 2 rings (SSSR count). The summed E-state index contributed by atoms with van der Waals surface area (Å²) in [5, 5.41) is 0. The lowest BCUT2D eigenvalue weighted by Crippen LogP contribution is -2.45. The van der Waals surface area contributed by atoms with Crippen LogP contribution in [0.1, 0.15) is 23.7 Å². The van der Waals surface area contributed by atoms with Gasteiger partial charge in [-0.2, -0.15) is 8.78 Å². The maximum Gasteiger partial charge on any atom is 0.387 e. The van der Waals surface area contributed by atoms with E-state index < -0.39 is 6.61 Å². The maximum atomic E-state index is 12.4. The molecule has 1 unspecified atom stereocenters. The van der Waals surface area contributed by atoms with Crippen LogP contribution < -0.4 is 4.74 Å². The molecule has 1 fully saturated rings. The molecule has 1 aromatic rings. The van der Waals surface area contributed by atoms with E-state index in [2.05, 4.69) is 4.74 Å². The second kappa shape index (κ2) is 6.65. The van der Waals surface area contributed by atoms with Crippen LogP contribution in [0.15, 0.2) is 24.3 Å². The van der Waals surface area contributed by atoms with Crippen LogP contribution >= 0.6 is 0 Å². The Morgan fingerprint density at radius 3 is 2.95 bits per heavy atom. The number of carbonyl (C=O) groups is 1. The lowest BCUT2D eigenvalue weighted by molar-refractivity contribution is -0.0508. The smallest absolute Gasteiger partial charge is 0.387 e. The van der Waals surface area contributed by atoms with Crippen molar-refractivity contribution in [2.75, 3.05) is 19.7 Å². The van der Waals surface area contributed by atoms with Gasteiger partial charge in [-0.3, -0.25) is 4.79 Å². The molecule has 0 spiro atoms. The molecule has 1 aliphatic rings. The summed E-state index contributed by atoms with van der Waals surface area (Å²) >= 11 is 0. The summed E-state index contributed by atoms with van der Waals surface area (Å²) in [4.78, 5) is 14.0. The molecule has 1 amide bonds. The zero-order valence-corrected chi connectivity index (χ0v) is 11.2. The minimum Gasteiger partial charge on any atom is -0.434 e. The Morgan fingerprint density at radius 2 is 2.25 bits per heavy atom. The number of hydrogen-bond donors (Lipinski definition) is 0. The molecule has 6 heteroatoms. The van der Waals surface area contributed by atoms with Crippen molar-refractivity contribution in [3.63, 3.8) is 0 Å². The molecular weight excluding hydrogens is 268 g/mol. The van der Waals surface area contributed by atoms with Gasteiger partial charge < -0.3 is 14.4 Å². The van der Waals surface area contributed by atoms with E-state index in [1.54, 1.807) is 17.0 Å². The number of carbonyl (C=O) groups excluding carboxylic acids is 1. The van der Waals surface area contributed by atoms with Gasteiger partial charge in [0, 0.05) is 13.1 Å². The van der Waals surface area contributed by atoms with Crippen molar-refractivity contribution in [3.05, 3.63) is 29.8 Å². The molecule has 1 heterocycles. The molecule has 0 radical (unpaired) electrons. The van der Waals surface area contributed by atoms with Crippen molar-refractivity contribution >= 4 is 5.91 Å². The molecule has 1 aromatic carbocycles. The number of benzene rings is 1. The molecule has 4 nitrogen and oxygen atoms in total. The van der Waals surface area contributed by atoms with Crippen LogP contribution in [0, 0.1) is 0 Å². The Labute approximate surface area is 116 Å². The van der Waals surface area contributed by atoms with E-state index in [1.807, 2.05) is 6.92 Å². The van der Waals surface area contributed by atoms with E-state index in [9.17, 15) is 13.6 Å². The van der Waals surface area contributed by atoms with Gasteiger partial charge in [-0.25, -0.2) is 0 Å². The average Bonchev–Trinajstić information content (AvgIpc) is 2.46. The quantitative estimate of drug-likeness (QED) is 0.853. The minimum atomic E-state index is -2.95. The summed E-state index contributed by atoms with van der Waals surface area (Å²) in [7, 11) is 0. The first-order valence-corrected chi connectivity index (χ1v) is 6.56. The highest BCUT2D eigenvalue weighted by Gasteiger charge is 2.26. The van der Waals surface area contributed by atoms with E-state index in [0.29, 0.717) is 19.7 Å². The third kappa shape index (κ3) is 3.45. The van der Waals surface area contributed by atoms with Crippen LogP contribution in [0.4, 0.5) is 8.78 Å². The molecule has 0 saturated carbocycles. The van der Waals surface area contributed by atoms with Crippen LogP contribution in [0.3, 0.4) is 0 Å². The molecule has 0 N–H and O–H groups in total. The number of halogens is 2. The molecule has 0 aliphatic carbocycles. The Kier molecular flexibility index (Phi) is 4.89. The van der Waals surface area contributed by atoms with E-state index in [1.165, 1.54) is 12.1 Å². The second-order valence-electron chi connectivity index (χ2n) is 4.53. The number of amides is 1. The van der Waals surface area contributed by atoms with Crippen molar-refractivity contribution in [1.29, 1.82) is 0 Å². The summed E-state index contributed by atoms with van der Waals surface area (Å²) < 4.78 is 34.6. The standard InChI is InChI=1S/C14H17F2NO3/c1-2-10-9-17(7-8-19-10)13(18)11-5-3-4-6-12(11)20-14(15)16/h3-6,10,14H,2,7-9H2,1H3. The number of para-hydroxylation sites is 1. The first kappa shape index (κ1) is 14.7. The van der Waals surface area contributed by atoms with Gasteiger partial charge in [0.1, 0.15) is 5.75 Å². The summed E-state index contributed by atoms with van der Waals surface area (Å²) in [6.45, 7) is 0.419. The fraction of sp³-hybridized carbons (Fsp3) is 0.500. The van der Waals surface area contributed by atoms with Crippen LogP contribution in [-0.4, -0.2) is 43.2 Å². The fourth-order valence-electron chi connectivity index (χ4n) is 2.16. The van der Waals surface area contributed by atoms with E-state index in [0.717, 1.165) is 6.42 Å². The van der Waals surface area contributed by atoms with Crippen LogP contribution in [0.5, 0.6) is 5.75 Å². The summed E-state index contributed by atoms with van der Waals surface area (Å²) in [5.74, 6) is -0.393. The molecule has 0 bridgehead atoms. The maximum absolute atomic E-state index is 12.4. The van der Waals surface area contributed by atoms with Crippen LogP contribution in [-0.2, 0) is 4.74 Å². The first-order chi connectivity index (χ1) is 9.61. The Bertz CT molecular complexity index is 467. The van der Waals surface area contributed by atoms with Gasteiger partial charge >= 0.3 is 6.61 Å². The van der Waals surface area contributed by atoms with E-state index >= 15 is 0 Å². The number of rotatable bonds is 4.